The molecule has 0 saturated carbocycles. The second-order valence-electron chi connectivity index (χ2n) is 7.73. The summed E-state index contributed by atoms with van der Waals surface area (Å²) in [6.45, 7) is 1.88. The van der Waals surface area contributed by atoms with Gasteiger partial charge in [0, 0.05) is 37.5 Å². The number of hydrogen-bond acceptors (Lipinski definition) is 4. The number of nitrogens with zero attached hydrogens (tertiary/aromatic N) is 2. The number of rotatable bonds is 7. The topological polar surface area (TPSA) is 71.5 Å². The molecule has 1 fully saturated rings. The van der Waals surface area contributed by atoms with Crippen molar-refractivity contribution in [3.05, 3.63) is 95.6 Å². The second-order valence-corrected chi connectivity index (χ2v) is 7.73. The predicted molar refractivity (Wildman–Crippen MR) is 123 cm³/mol. The van der Waals surface area contributed by atoms with Crippen molar-refractivity contribution in [2.75, 3.05) is 13.1 Å². The van der Waals surface area contributed by atoms with Crippen LogP contribution < -0.4 is 10.1 Å². The standard InChI is InChI=1S/C26H24FN3O3/c27-23-16-19(8-10-24(23)33-22-7-4-12-28-18-22)9-11-25(31)29-17-20-5-3-6-21(15-20)26(32)30-13-1-2-14-30/h3-12,15-16,18H,1-2,13-14,17H2,(H,29,31)/b11-9+. The maximum atomic E-state index is 14.3. The number of amides is 2. The molecule has 1 saturated heterocycles. The Morgan fingerprint density at radius 3 is 2.70 bits per heavy atom. The SMILES string of the molecule is O=C(/C=C/c1ccc(Oc2cccnc2)c(F)c1)NCc1cccc(C(=O)N2CCCC2)c1. The maximum Gasteiger partial charge on any atom is 0.253 e. The lowest BCUT2D eigenvalue weighted by molar-refractivity contribution is -0.116. The molecule has 7 heteroatoms. The zero-order chi connectivity index (χ0) is 23.0. The fraction of sp³-hybridized carbons (Fsp3) is 0.192. The summed E-state index contributed by atoms with van der Waals surface area (Å²) in [5.74, 6) is -0.319. The van der Waals surface area contributed by atoms with Gasteiger partial charge in [-0.3, -0.25) is 14.6 Å². The lowest BCUT2D eigenvalue weighted by Crippen LogP contribution is -2.27. The number of aromatic nitrogens is 1. The van der Waals surface area contributed by atoms with Crippen LogP contribution in [0.15, 0.2) is 73.1 Å². The molecule has 168 valence electrons. The van der Waals surface area contributed by atoms with Gasteiger partial charge in [0.1, 0.15) is 5.75 Å². The number of ether oxygens (including phenoxy) is 1. The Morgan fingerprint density at radius 1 is 1.09 bits per heavy atom. The van der Waals surface area contributed by atoms with E-state index in [-0.39, 0.29) is 24.1 Å². The summed E-state index contributed by atoms with van der Waals surface area (Å²) in [6.07, 6.45) is 8.05. The summed E-state index contributed by atoms with van der Waals surface area (Å²) in [7, 11) is 0. The van der Waals surface area contributed by atoms with Crippen LogP contribution in [-0.4, -0.2) is 34.8 Å². The average molecular weight is 445 g/mol. The van der Waals surface area contributed by atoms with Crippen molar-refractivity contribution in [1.29, 1.82) is 0 Å². The van der Waals surface area contributed by atoms with E-state index in [0.29, 0.717) is 16.9 Å². The van der Waals surface area contributed by atoms with Gasteiger partial charge in [0.25, 0.3) is 5.91 Å². The van der Waals surface area contributed by atoms with Gasteiger partial charge in [0.15, 0.2) is 11.6 Å². The third kappa shape index (κ3) is 6.04. The van der Waals surface area contributed by atoms with E-state index in [9.17, 15) is 14.0 Å². The molecule has 33 heavy (non-hydrogen) atoms. The number of carbonyl (C=O) groups is 2. The van der Waals surface area contributed by atoms with E-state index >= 15 is 0 Å². The van der Waals surface area contributed by atoms with Gasteiger partial charge >= 0.3 is 0 Å². The van der Waals surface area contributed by atoms with Crippen LogP contribution in [0.4, 0.5) is 4.39 Å². The summed E-state index contributed by atoms with van der Waals surface area (Å²) >= 11 is 0. The quantitative estimate of drug-likeness (QED) is 0.541. The van der Waals surface area contributed by atoms with Crippen molar-refractivity contribution < 1.29 is 18.7 Å². The summed E-state index contributed by atoms with van der Waals surface area (Å²) < 4.78 is 19.8. The summed E-state index contributed by atoms with van der Waals surface area (Å²) in [6, 6.07) is 15.1. The third-order valence-electron chi connectivity index (χ3n) is 5.28. The van der Waals surface area contributed by atoms with Crippen molar-refractivity contribution in [1.82, 2.24) is 15.2 Å². The van der Waals surface area contributed by atoms with E-state index in [2.05, 4.69) is 10.3 Å². The van der Waals surface area contributed by atoms with Crippen molar-refractivity contribution in [3.8, 4) is 11.5 Å². The maximum absolute atomic E-state index is 14.3. The summed E-state index contributed by atoms with van der Waals surface area (Å²) in [4.78, 5) is 30.5. The number of nitrogens with one attached hydrogen (secondary N) is 1. The molecule has 3 aromatic rings. The normalized spacial score (nSPS) is 13.3. The first kappa shape index (κ1) is 22.2. The molecule has 0 aliphatic carbocycles. The van der Waals surface area contributed by atoms with Crippen molar-refractivity contribution in [2.45, 2.75) is 19.4 Å². The van der Waals surface area contributed by atoms with E-state index in [4.69, 9.17) is 4.74 Å². The van der Waals surface area contributed by atoms with Gasteiger partial charge in [-0.1, -0.05) is 18.2 Å². The van der Waals surface area contributed by atoms with Gasteiger partial charge in [-0.15, -0.1) is 0 Å². The summed E-state index contributed by atoms with van der Waals surface area (Å²) in [5, 5.41) is 2.79. The van der Waals surface area contributed by atoms with Crippen LogP contribution in [0, 0.1) is 5.82 Å². The molecular weight excluding hydrogens is 421 g/mol. The van der Waals surface area contributed by atoms with Crippen LogP contribution in [0.5, 0.6) is 11.5 Å². The van der Waals surface area contributed by atoms with Gasteiger partial charge < -0.3 is 15.0 Å². The molecule has 6 nitrogen and oxygen atoms in total. The zero-order valence-corrected chi connectivity index (χ0v) is 18.0. The third-order valence-corrected chi connectivity index (χ3v) is 5.28. The fourth-order valence-electron chi connectivity index (χ4n) is 3.58. The van der Waals surface area contributed by atoms with Gasteiger partial charge in [0.2, 0.25) is 5.91 Å². The highest BCUT2D eigenvalue weighted by Gasteiger charge is 2.19. The van der Waals surface area contributed by atoms with Crippen molar-refractivity contribution in [2.24, 2.45) is 0 Å². The van der Waals surface area contributed by atoms with Crippen LogP contribution in [0.2, 0.25) is 0 Å². The largest absolute Gasteiger partial charge is 0.453 e. The lowest BCUT2D eigenvalue weighted by atomic mass is 10.1. The molecule has 0 radical (unpaired) electrons. The Bertz CT molecular complexity index is 1160. The van der Waals surface area contributed by atoms with E-state index in [1.165, 1.54) is 30.5 Å². The second kappa shape index (κ2) is 10.5. The van der Waals surface area contributed by atoms with Crippen molar-refractivity contribution in [3.63, 3.8) is 0 Å². The van der Waals surface area contributed by atoms with E-state index < -0.39 is 5.82 Å². The first-order valence-corrected chi connectivity index (χ1v) is 10.8. The van der Waals surface area contributed by atoms with Crippen LogP contribution in [0.25, 0.3) is 6.08 Å². The van der Waals surface area contributed by atoms with Crippen LogP contribution >= 0.6 is 0 Å². The molecule has 2 heterocycles. The highest BCUT2D eigenvalue weighted by atomic mass is 19.1. The lowest BCUT2D eigenvalue weighted by Gasteiger charge is -2.15. The number of hydrogen-bond donors (Lipinski definition) is 1. The Hall–Kier alpha value is -4.00. The molecular formula is C26H24FN3O3. The number of carbonyl (C=O) groups excluding carboxylic acids is 2. The molecule has 2 amide bonds. The van der Waals surface area contributed by atoms with E-state index in [1.54, 1.807) is 36.5 Å². The van der Waals surface area contributed by atoms with Gasteiger partial charge in [0.05, 0.1) is 6.20 Å². The number of halogens is 1. The Kier molecular flexibility index (Phi) is 7.09. The Morgan fingerprint density at radius 2 is 1.94 bits per heavy atom. The number of likely N-dealkylation sites (tertiary alicyclic amines) is 1. The Balaban J connectivity index is 1.31. The monoisotopic (exact) mass is 445 g/mol. The van der Waals surface area contributed by atoms with Crippen LogP contribution in [0.1, 0.15) is 34.3 Å². The first-order valence-electron chi connectivity index (χ1n) is 10.8. The number of benzene rings is 2. The fourth-order valence-corrected chi connectivity index (χ4v) is 3.58. The molecule has 2 aromatic carbocycles. The molecule has 1 N–H and O–H groups in total. The van der Waals surface area contributed by atoms with Gasteiger partial charge in [-0.25, -0.2) is 4.39 Å². The molecule has 1 aromatic heterocycles. The van der Waals surface area contributed by atoms with Crippen LogP contribution in [-0.2, 0) is 11.3 Å². The predicted octanol–water partition coefficient (Wildman–Crippen LogP) is 4.58. The molecule has 4 rings (SSSR count). The van der Waals surface area contributed by atoms with E-state index in [1.807, 2.05) is 17.0 Å². The highest BCUT2D eigenvalue weighted by Crippen LogP contribution is 2.24. The smallest absolute Gasteiger partial charge is 0.253 e. The molecule has 0 unspecified atom stereocenters. The average Bonchev–Trinajstić information content (AvgIpc) is 3.38. The molecule has 0 bridgehead atoms. The molecule has 1 aliphatic rings. The molecule has 0 spiro atoms. The highest BCUT2D eigenvalue weighted by molar-refractivity contribution is 5.94. The van der Waals surface area contributed by atoms with Gasteiger partial charge in [-0.05, 0) is 66.4 Å². The zero-order valence-electron chi connectivity index (χ0n) is 18.0. The van der Waals surface area contributed by atoms with Crippen LogP contribution in [0.3, 0.4) is 0 Å². The minimum absolute atomic E-state index is 0.0264. The van der Waals surface area contributed by atoms with Crippen molar-refractivity contribution >= 4 is 17.9 Å². The van der Waals surface area contributed by atoms with E-state index in [0.717, 1.165) is 31.5 Å². The molecule has 0 atom stereocenters. The minimum Gasteiger partial charge on any atom is -0.453 e. The number of pyridine rings is 1. The summed E-state index contributed by atoms with van der Waals surface area (Å²) in [5.41, 5.74) is 1.99. The minimum atomic E-state index is -0.541. The van der Waals surface area contributed by atoms with Gasteiger partial charge in [-0.2, -0.15) is 0 Å². The molecule has 1 aliphatic heterocycles. The Labute approximate surface area is 191 Å². The first-order chi connectivity index (χ1) is 16.1.